The van der Waals surface area contributed by atoms with E-state index in [1.165, 1.54) is 60.1 Å². The molecule has 0 fully saturated rings. The molecule has 238 valence electrons. The molecule has 0 spiro atoms. The van der Waals surface area contributed by atoms with Crippen LogP contribution in [0.3, 0.4) is 0 Å². The van der Waals surface area contributed by atoms with Crippen molar-refractivity contribution >= 4 is 65.5 Å². The van der Waals surface area contributed by atoms with Crippen molar-refractivity contribution in [2.75, 3.05) is 0 Å². The molecule has 0 N–H and O–H groups in total. The number of hydrogen-bond donors (Lipinski definition) is 0. The summed E-state index contributed by atoms with van der Waals surface area (Å²) in [6.45, 7) is 0. The van der Waals surface area contributed by atoms with Gasteiger partial charge >= 0.3 is 0 Å². The van der Waals surface area contributed by atoms with Gasteiger partial charge in [-0.3, -0.25) is 4.57 Å². The number of benzene rings is 7. The lowest BCUT2D eigenvalue weighted by atomic mass is 10.1. The molecule has 0 aliphatic carbocycles. The third-order valence-electron chi connectivity index (χ3n) is 10.5. The van der Waals surface area contributed by atoms with Gasteiger partial charge in [0.2, 0.25) is 0 Å². The van der Waals surface area contributed by atoms with Crippen molar-refractivity contribution in [1.29, 1.82) is 0 Å². The molecule has 4 heteroatoms. The molecule has 4 aromatic heterocycles. The van der Waals surface area contributed by atoms with Crippen molar-refractivity contribution in [3.05, 3.63) is 182 Å². The molecule has 0 aliphatic heterocycles. The lowest BCUT2D eigenvalue weighted by Crippen LogP contribution is -1.97. The highest BCUT2D eigenvalue weighted by atomic mass is 15.1. The minimum Gasteiger partial charge on any atom is -0.309 e. The molecular weight excluding hydrogens is 621 g/mol. The van der Waals surface area contributed by atoms with E-state index in [4.69, 9.17) is 4.98 Å². The summed E-state index contributed by atoms with van der Waals surface area (Å²) in [5.74, 6) is 0. The number of nitrogens with zero attached hydrogens (tertiary/aromatic N) is 4. The topological polar surface area (TPSA) is 27.7 Å². The summed E-state index contributed by atoms with van der Waals surface area (Å²) in [7, 11) is 0. The number of rotatable bonds is 4. The van der Waals surface area contributed by atoms with Gasteiger partial charge in [0.25, 0.3) is 0 Å². The lowest BCUT2D eigenvalue weighted by molar-refractivity contribution is 1.13. The van der Waals surface area contributed by atoms with Gasteiger partial charge in [0, 0.05) is 55.6 Å². The summed E-state index contributed by atoms with van der Waals surface area (Å²) in [5, 5.41) is 7.29. The molecule has 0 saturated heterocycles. The summed E-state index contributed by atoms with van der Waals surface area (Å²) in [6.07, 6.45) is 1.89. The molecule has 0 aliphatic rings. The van der Waals surface area contributed by atoms with Crippen LogP contribution in [0.4, 0.5) is 0 Å². The zero-order valence-electron chi connectivity index (χ0n) is 27.6. The number of hydrogen-bond acceptors (Lipinski definition) is 1. The zero-order chi connectivity index (χ0) is 33.5. The SMILES string of the molecule is c1ccc(-c2ccc(-n3c4ccccc4c4c3ccc3c5ccccc5n(-c5ccc6c(c5)c5cccnc5n6-c5ccccc5)c34)cc2)cc1. The second-order valence-corrected chi connectivity index (χ2v) is 13.2. The zero-order valence-corrected chi connectivity index (χ0v) is 27.6. The summed E-state index contributed by atoms with van der Waals surface area (Å²) >= 11 is 0. The van der Waals surface area contributed by atoms with Gasteiger partial charge in [0.1, 0.15) is 5.65 Å². The van der Waals surface area contributed by atoms with E-state index in [-0.39, 0.29) is 0 Å². The minimum absolute atomic E-state index is 0.960. The van der Waals surface area contributed by atoms with Gasteiger partial charge in [0.05, 0.1) is 27.6 Å². The van der Waals surface area contributed by atoms with Crippen LogP contribution in [0, 0.1) is 0 Å². The second kappa shape index (κ2) is 10.8. The molecule has 0 saturated carbocycles. The van der Waals surface area contributed by atoms with Crippen LogP contribution < -0.4 is 0 Å². The van der Waals surface area contributed by atoms with Crippen molar-refractivity contribution < 1.29 is 0 Å². The van der Waals surface area contributed by atoms with Crippen molar-refractivity contribution in [3.63, 3.8) is 0 Å². The van der Waals surface area contributed by atoms with Crippen LogP contribution in [-0.2, 0) is 0 Å². The van der Waals surface area contributed by atoms with E-state index in [2.05, 4.69) is 184 Å². The van der Waals surface area contributed by atoms with Crippen molar-refractivity contribution in [3.8, 4) is 28.2 Å². The van der Waals surface area contributed by atoms with E-state index in [0.717, 1.165) is 33.6 Å². The van der Waals surface area contributed by atoms with Gasteiger partial charge in [-0.15, -0.1) is 0 Å². The molecule has 0 amide bonds. The number of pyridine rings is 1. The molecular formula is C47H30N4. The summed E-state index contributed by atoms with van der Waals surface area (Å²) < 4.78 is 7.17. The maximum absolute atomic E-state index is 4.87. The Balaban J connectivity index is 1.21. The number of aromatic nitrogens is 4. The standard InChI is InChI=1S/C47H30N4/c1-3-12-31(13-4-1)32-21-23-34(24-22-32)49-42-20-10-8-17-39(42)45-44(49)28-26-37-36-16-7-9-19-41(36)50(46(37)45)35-25-27-43-40(30-35)38-18-11-29-48-47(38)51(43)33-14-5-2-6-15-33/h1-30H. The van der Waals surface area contributed by atoms with Crippen LogP contribution in [0.25, 0.3) is 93.7 Å². The van der Waals surface area contributed by atoms with Crippen LogP contribution in [-0.4, -0.2) is 18.7 Å². The fraction of sp³-hybridized carbons (Fsp3) is 0. The molecule has 4 nitrogen and oxygen atoms in total. The normalized spacial score (nSPS) is 11.9. The maximum Gasteiger partial charge on any atom is 0.145 e. The second-order valence-electron chi connectivity index (χ2n) is 13.2. The minimum atomic E-state index is 0.960. The molecule has 4 heterocycles. The Kier molecular flexibility index (Phi) is 5.92. The number of fused-ring (bicyclic) bond motifs is 10. The van der Waals surface area contributed by atoms with E-state index < -0.39 is 0 Å². The Morgan fingerprint density at radius 1 is 0.333 bits per heavy atom. The average Bonchev–Trinajstić information content (AvgIpc) is 3.84. The molecule has 0 unspecified atom stereocenters. The molecule has 11 rings (SSSR count). The van der Waals surface area contributed by atoms with Crippen molar-refractivity contribution in [2.45, 2.75) is 0 Å². The lowest BCUT2D eigenvalue weighted by Gasteiger charge is -2.11. The van der Waals surface area contributed by atoms with Crippen LogP contribution >= 0.6 is 0 Å². The van der Waals surface area contributed by atoms with E-state index in [0.29, 0.717) is 0 Å². The highest BCUT2D eigenvalue weighted by Crippen LogP contribution is 2.43. The van der Waals surface area contributed by atoms with Crippen molar-refractivity contribution in [1.82, 2.24) is 18.7 Å². The van der Waals surface area contributed by atoms with Crippen LogP contribution in [0.15, 0.2) is 182 Å². The Labute approximate surface area is 293 Å². The molecule has 51 heavy (non-hydrogen) atoms. The van der Waals surface area contributed by atoms with E-state index in [9.17, 15) is 0 Å². The van der Waals surface area contributed by atoms with Gasteiger partial charge in [-0.05, 0) is 83.9 Å². The molecule has 0 atom stereocenters. The fourth-order valence-corrected chi connectivity index (χ4v) is 8.30. The highest BCUT2D eigenvalue weighted by molar-refractivity contribution is 6.26. The molecule has 7 aromatic carbocycles. The highest BCUT2D eigenvalue weighted by Gasteiger charge is 2.22. The van der Waals surface area contributed by atoms with Crippen LogP contribution in [0.5, 0.6) is 0 Å². The first-order chi connectivity index (χ1) is 25.3. The predicted octanol–water partition coefficient (Wildman–Crippen LogP) is 12.0. The first kappa shape index (κ1) is 28.0. The molecule has 0 radical (unpaired) electrons. The Bertz CT molecular complexity index is 3110. The smallest absolute Gasteiger partial charge is 0.145 e. The summed E-state index contributed by atoms with van der Waals surface area (Å²) in [5.41, 5.74) is 12.7. The molecule has 0 bridgehead atoms. The Hall–Kier alpha value is -6.91. The average molecular weight is 651 g/mol. The van der Waals surface area contributed by atoms with Gasteiger partial charge in [-0.1, -0.05) is 103 Å². The Morgan fingerprint density at radius 2 is 0.922 bits per heavy atom. The van der Waals surface area contributed by atoms with Gasteiger partial charge in [0.15, 0.2) is 0 Å². The first-order valence-corrected chi connectivity index (χ1v) is 17.4. The maximum atomic E-state index is 4.87. The summed E-state index contributed by atoms with van der Waals surface area (Å²) in [4.78, 5) is 4.87. The monoisotopic (exact) mass is 650 g/mol. The summed E-state index contributed by atoms with van der Waals surface area (Å²) in [6, 6.07) is 63.4. The van der Waals surface area contributed by atoms with Crippen LogP contribution in [0.1, 0.15) is 0 Å². The molecule has 11 aromatic rings. The predicted molar refractivity (Wildman–Crippen MR) is 213 cm³/mol. The van der Waals surface area contributed by atoms with Crippen molar-refractivity contribution in [2.24, 2.45) is 0 Å². The van der Waals surface area contributed by atoms with E-state index in [1.54, 1.807) is 0 Å². The first-order valence-electron chi connectivity index (χ1n) is 17.4. The fourth-order valence-electron chi connectivity index (χ4n) is 8.30. The largest absolute Gasteiger partial charge is 0.309 e. The third-order valence-corrected chi connectivity index (χ3v) is 10.5. The Morgan fingerprint density at radius 3 is 1.73 bits per heavy atom. The van der Waals surface area contributed by atoms with E-state index in [1.807, 2.05) is 12.3 Å². The third kappa shape index (κ3) is 4.05. The van der Waals surface area contributed by atoms with Gasteiger partial charge in [-0.25, -0.2) is 4.98 Å². The van der Waals surface area contributed by atoms with E-state index >= 15 is 0 Å². The van der Waals surface area contributed by atoms with Gasteiger partial charge in [-0.2, -0.15) is 0 Å². The number of para-hydroxylation sites is 3. The quantitative estimate of drug-likeness (QED) is 0.186. The van der Waals surface area contributed by atoms with Crippen LogP contribution in [0.2, 0.25) is 0 Å². The van der Waals surface area contributed by atoms with Gasteiger partial charge < -0.3 is 9.13 Å².